The molecule has 0 radical (unpaired) electrons. The average Bonchev–Trinajstić information content (AvgIpc) is 2.05. The van der Waals surface area contributed by atoms with Gasteiger partial charge in [-0.3, -0.25) is 5.73 Å². The zero-order valence-electron chi connectivity index (χ0n) is 6.83. The molecule has 2 N–H and O–H groups in total. The molecule has 1 fully saturated rings. The highest BCUT2D eigenvalue weighted by molar-refractivity contribution is 5.67. The lowest BCUT2D eigenvalue weighted by Crippen LogP contribution is -2.41. The monoisotopic (exact) mass is 176 g/mol. The summed E-state index contributed by atoms with van der Waals surface area (Å²) in [4.78, 5) is 12.3. The summed E-state index contributed by atoms with van der Waals surface area (Å²) in [6.45, 7) is 0.560. The maximum absolute atomic E-state index is 12.8. The molecule has 1 aliphatic rings. The highest BCUT2D eigenvalue weighted by Gasteiger charge is 2.23. The van der Waals surface area contributed by atoms with E-state index in [1.54, 1.807) is 0 Å². The summed E-state index contributed by atoms with van der Waals surface area (Å²) in [5, 5.41) is 0. The van der Waals surface area contributed by atoms with Crippen molar-refractivity contribution < 1.29 is 13.9 Å². The summed E-state index contributed by atoms with van der Waals surface area (Å²) >= 11 is 0. The molecule has 12 heavy (non-hydrogen) atoms. The first-order valence-corrected chi connectivity index (χ1v) is 4.00. The molecule has 5 heteroatoms. The molecule has 1 unspecified atom stereocenters. The number of carbonyl (C=O) groups excluding carboxylic acids is 1. The van der Waals surface area contributed by atoms with Crippen molar-refractivity contribution in [3.63, 3.8) is 0 Å². The Morgan fingerprint density at radius 3 is 3.08 bits per heavy atom. The van der Waals surface area contributed by atoms with Crippen LogP contribution in [0.5, 0.6) is 0 Å². The number of nitrogens with two attached hydrogens (primary N) is 1. The molecule has 1 rings (SSSR count). The van der Waals surface area contributed by atoms with Gasteiger partial charge in [0.1, 0.15) is 12.9 Å². The molecule has 70 valence electrons. The minimum absolute atomic E-state index is 0.138. The molecule has 0 spiro atoms. The van der Waals surface area contributed by atoms with Gasteiger partial charge >= 0.3 is 6.09 Å². The van der Waals surface area contributed by atoms with E-state index in [0.29, 0.717) is 19.4 Å². The number of ether oxygens (including phenoxy) is 1. The van der Waals surface area contributed by atoms with Crippen molar-refractivity contribution in [2.24, 2.45) is 5.73 Å². The van der Waals surface area contributed by atoms with E-state index in [4.69, 9.17) is 5.73 Å². The Balaban J connectivity index is 2.35. The van der Waals surface area contributed by atoms with Crippen LogP contribution in [0.4, 0.5) is 9.18 Å². The van der Waals surface area contributed by atoms with Gasteiger partial charge in [0.15, 0.2) is 0 Å². The predicted octanol–water partition coefficient (Wildman–Crippen LogP) is 0.473. The fourth-order valence-corrected chi connectivity index (χ4v) is 1.25. The summed E-state index contributed by atoms with van der Waals surface area (Å²) in [5.74, 6) is 0. The first-order valence-electron chi connectivity index (χ1n) is 4.00. The highest BCUT2D eigenvalue weighted by atomic mass is 19.1. The minimum Gasteiger partial charge on any atom is -0.434 e. The van der Waals surface area contributed by atoms with Crippen LogP contribution in [0.25, 0.3) is 0 Å². The maximum Gasteiger partial charge on any atom is 0.411 e. The first kappa shape index (κ1) is 9.25. The van der Waals surface area contributed by atoms with E-state index in [1.165, 1.54) is 4.90 Å². The van der Waals surface area contributed by atoms with Gasteiger partial charge in [-0.1, -0.05) is 0 Å². The van der Waals surface area contributed by atoms with Crippen LogP contribution in [0.15, 0.2) is 0 Å². The molecule has 0 aromatic heterocycles. The molecule has 1 saturated heterocycles. The SMILES string of the molecule is NCOC(=O)N1CCCC(F)C1. The van der Waals surface area contributed by atoms with Crippen molar-refractivity contribution >= 4 is 6.09 Å². The lowest BCUT2D eigenvalue weighted by atomic mass is 10.1. The second-order valence-electron chi connectivity index (χ2n) is 2.76. The third kappa shape index (κ3) is 2.34. The van der Waals surface area contributed by atoms with E-state index in [-0.39, 0.29) is 13.3 Å². The van der Waals surface area contributed by atoms with Crippen LogP contribution in [0.1, 0.15) is 12.8 Å². The van der Waals surface area contributed by atoms with Gasteiger partial charge in [0.25, 0.3) is 0 Å². The molecule has 1 aliphatic heterocycles. The zero-order valence-corrected chi connectivity index (χ0v) is 6.83. The number of hydrogen-bond acceptors (Lipinski definition) is 3. The van der Waals surface area contributed by atoms with Gasteiger partial charge in [0.2, 0.25) is 0 Å². The summed E-state index contributed by atoms with van der Waals surface area (Å²) in [5.41, 5.74) is 5.01. The standard InChI is InChI=1S/C7H13FN2O2/c8-6-2-1-3-10(4-6)7(11)12-5-9/h6H,1-5,9H2. The lowest BCUT2D eigenvalue weighted by molar-refractivity contribution is 0.0782. The van der Waals surface area contributed by atoms with E-state index >= 15 is 0 Å². The Kier molecular flexibility index (Phi) is 3.28. The van der Waals surface area contributed by atoms with E-state index in [2.05, 4.69) is 4.74 Å². The van der Waals surface area contributed by atoms with Gasteiger partial charge in [0.05, 0.1) is 6.54 Å². The fraction of sp³-hybridized carbons (Fsp3) is 0.857. The van der Waals surface area contributed by atoms with E-state index in [1.807, 2.05) is 0 Å². The van der Waals surface area contributed by atoms with Crippen molar-refractivity contribution in [1.29, 1.82) is 0 Å². The molecule has 1 atom stereocenters. The number of alkyl halides is 1. The largest absolute Gasteiger partial charge is 0.434 e. The number of amides is 1. The van der Waals surface area contributed by atoms with Gasteiger partial charge in [-0.2, -0.15) is 0 Å². The molecule has 1 heterocycles. The number of rotatable bonds is 1. The Morgan fingerprint density at radius 2 is 2.50 bits per heavy atom. The number of likely N-dealkylation sites (tertiary alicyclic amines) is 1. The third-order valence-corrected chi connectivity index (χ3v) is 1.83. The Labute approximate surface area is 70.5 Å². The lowest BCUT2D eigenvalue weighted by Gasteiger charge is -2.27. The van der Waals surface area contributed by atoms with E-state index in [9.17, 15) is 9.18 Å². The van der Waals surface area contributed by atoms with Gasteiger partial charge < -0.3 is 9.64 Å². The summed E-state index contributed by atoms with van der Waals surface area (Å²) in [6, 6.07) is 0. The zero-order chi connectivity index (χ0) is 8.97. The molecule has 1 amide bonds. The molecule has 4 nitrogen and oxygen atoms in total. The van der Waals surface area contributed by atoms with Gasteiger partial charge in [-0.25, -0.2) is 9.18 Å². The minimum atomic E-state index is -0.913. The van der Waals surface area contributed by atoms with Gasteiger partial charge in [0, 0.05) is 6.54 Å². The van der Waals surface area contributed by atoms with Crippen molar-refractivity contribution in [3.05, 3.63) is 0 Å². The van der Waals surface area contributed by atoms with Crippen molar-refractivity contribution in [1.82, 2.24) is 4.90 Å². The number of carbonyl (C=O) groups is 1. The summed E-state index contributed by atoms with van der Waals surface area (Å²) in [7, 11) is 0. The average molecular weight is 176 g/mol. The van der Waals surface area contributed by atoms with Crippen molar-refractivity contribution in [2.75, 3.05) is 19.8 Å². The number of piperidine rings is 1. The van der Waals surface area contributed by atoms with Crippen molar-refractivity contribution in [3.8, 4) is 0 Å². The first-order chi connectivity index (χ1) is 5.74. The normalized spacial score (nSPS) is 23.8. The molecule has 0 aromatic carbocycles. The van der Waals surface area contributed by atoms with Gasteiger partial charge in [-0.15, -0.1) is 0 Å². The van der Waals surface area contributed by atoms with Crippen molar-refractivity contribution in [2.45, 2.75) is 19.0 Å². The molecular formula is C7H13FN2O2. The highest BCUT2D eigenvalue weighted by Crippen LogP contribution is 2.13. The quantitative estimate of drug-likeness (QED) is 0.591. The molecule has 0 bridgehead atoms. The Bertz CT molecular complexity index is 165. The third-order valence-electron chi connectivity index (χ3n) is 1.83. The second kappa shape index (κ2) is 4.25. The van der Waals surface area contributed by atoms with Crippen LogP contribution in [0.3, 0.4) is 0 Å². The number of halogens is 1. The van der Waals surface area contributed by atoms with Crippen LogP contribution in [0, 0.1) is 0 Å². The molecule has 0 aliphatic carbocycles. The topological polar surface area (TPSA) is 55.6 Å². The number of nitrogens with zero attached hydrogens (tertiary/aromatic N) is 1. The summed E-state index contributed by atoms with van der Waals surface area (Å²) < 4.78 is 17.3. The summed E-state index contributed by atoms with van der Waals surface area (Å²) in [6.07, 6.45) is -0.198. The maximum atomic E-state index is 12.8. The van der Waals surface area contributed by atoms with E-state index in [0.717, 1.165) is 0 Å². The number of hydrogen-bond donors (Lipinski definition) is 1. The molecule has 0 saturated carbocycles. The smallest absolute Gasteiger partial charge is 0.411 e. The Morgan fingerprint density at radius 1 is 1.75 bits per heavy atom. The Hall–Kier alpha value is -0.840. The second-order valence-corrected chi connectivity index (χ2v) is 2.76. The van der Waals surface area contributed by atoms with Crippen LogP contribution < -0.4 is 5.73 Å². The van der Waals surface area contributed by atoms with Crippen LogP contribution in [-0.2, 0) is 4.74 Å². The van der Waals surface area contributed by atoms with Crippen LogP contribution >= 0.6 is 0 Å². The van der Waals surface area contributed by atoms with E-state index < -0.39 is 12.3 Å². The fourth-order valence-electron chi connectivity index (χ4n) is 1.25. The van der Waals surface area contributed by atoms with Crippen LogP contribution in [0.2, 0.25) is 0 Å². The van der Waals surface area contributed by atoms with Gasteiger partial charge in [-0.05, 0) is 12.8 Å². The predicted molar refractivity (Wildman–Crippen MR) is 41.2 cm³/mol. The van der Waals surface area contributed by atoms with Crippen LogP contribution in [-0.4, -0.2) is 37.0 Å². The molecule has 0 aromatic rings. The molecular weight excluding hydrogens is 163 g/mol.